The lowest BCUT2D eigenvalue weighted by atomic mass is 10.1. The van der Waals surface area contributed by atoms with Gasteiger partial charge in [-0.3, -0.25) is 0 Å². The molecule has 2 aromatic rings. The van der Waals surface area contributed by atoms with E-state index in [0.29, 0.717) is 25.7 Å². The van der Waals surface area contributed by atoms with Gasteiger partial charge in [-0.25, -0.2) is 0 Å². The number of aliphatic hydroxyl groups excluding tert-OH is 2. The number of phenolic OH excluding ortho intramolecular Hbond substituents is 4. The van der Waals surface area contributed by atoms with E-state index in [1.807, 2.05) is 0 Å². The van der Waals surface area contributed by atoms with Crippen molar-refractivity contribution >= 4 is 0 Å². The summed E-state index contributed by atoms with van der Waals surface area (Å²) in [7, 11) is 0. The van der Waals surface area contributed by atoms with Crippen molar-refractivity contribution < 1.29 is 40.1 Å². The van der Waals surface area contributed by atoms with Crippen LogP contribution in [0.25, 0.3) is 0 Å². The molecule has 0 bridgehead atoms. The van der Waals surface area contributed by atoms with Gasteiger partial charge in [0.2, 0.25) is 0 Å². The van der Waals surface area contributed by atoms with Crippen LogP contribution in [0.15, 0.2) is 36.4 Å². The maximum atomic E-state index is 9.93. The molecular formula is C20H26O8. The van der Waals surface area contributed by atoms with Gasteiger partial charge in [-0.2, -0.15) is 0 Å². The molecule has 2 unspecified atom stereocenters. The zero-order chi connectivity index (χ0) is 20.5. The molecule has 6 N–H and O–H groups in total. The fraction of sp³-hybridized carbons (Fsp3) is 0.400. The molecular weight excluding hydrogens is 368 g/mol. The van der Waals surface area contributed by atoms with Crippen molar-refractivity contribution in [1.29, 1.82) is 0 Å². The maximum Gasteiger partial charge on any atom is 0.126 e. The lowest BCUT2D eigenvalue weighted by Crippen LogP contribution is -2.19. The second-order valence-electron chi connectivity index (χ2n) is 6.58. The predicted molar refractivity (Wildman–Crippen MR) is 101 cm³/mol. The van der Waals surface area contributed by atoms with Gasteiger partial charge in [0.25, 0.3) is 0 Å². The Hall–Kier alpha value is -2.84. The van der Waals surface area contributed by atoms with E-state index in [-0.39, 0.29) is 47.7 Å². The van der Waals surface area contributed by atoms with Gasteiger partial charge in [0.1, 0.15) is 47.7 Å². The van der Waals surface area contributed by atoms with E-state index < -0.39 is 12.2 Å². The average Bonchev–Trinajstić information content (AvgIpc) is 2.60. The highest BCUT2D eigenvalue weighted by atomic mass is 16.5. The summed E-state index contributed by atoms with van der Waals surface area (Å²) in [5, 5.41) is 57.3. The third kappa shape index (κ3) is 7.81. The van der Waals surface area contributed by atoms with Crippen molar-refractivity contribution in [3.63, 3.8) is 0 Å². The molecule has 0 heterocycles. The maximum absolute atomic E-state index is 9.93. The summed E-state index contributed by atoms with van der Waals surface area (Å²) < 4.78 is 10.7. The molecule has 0 saturated heterocycles. The molecule has 2 rings (SSSR count). The summed E-state index contributed by atoms with van der Waals surface area (Å²) in [5.41, 5.74) is 0. The first-order chi connectivity index (χ1) is 13.3. The van der Waals surface area contributed by atoms with Gasteiger partial charge >= 0.3 is 0 Å². The predicted octanol–water partition coefficient (Wildman–Crippen LogP) is 2.25. The van der Waals surface area contributed by atoms with Crippen LogP contribution in [0.1, 0.15) is 25.7 Å². The van der Waals surface area contributed by atoms with Crippen LogP contribution in [0.4, 0.5) is 0 Å². The van der Waals surface area contributed by atoms with Crippen LogP contribution in [-0.4, -0.2) is 56.1 Å². The van der Waals surface area contributed by atoms with Gasteiger partial charge in [-0.15, -0.1) is 0 Å². The Morgan fingerprint density at radius 3 is 1.21 bits per heavy atom. The fourth-order valence-electron chi connectivity index (χ4n) is 2.61. The van der Waals surface area contributed by atoms with E-state index >= 15 is 0 Å². The van der Waals surface area contributed by atoms with Crippen molar-refractivity contribution in [2.45, 2.75) is 37.9 Å². The molecule has 0 radical (unpaired) electrons. The van der Waals surface area contributed by atoms with E-state index in [9.17, 15) is 30.6 Å². The Labute approximate surface area is 162 Å². The molecule has 2 atom stereocenters. The molecule has 0 spiro atoms. The van der Waals surface area contributed by atoms with Crippen molar-refractivity contribution in [1.82, 2.24) is 0 Å². The number of benzene rings is 2. The van der Waals surface area contributed by atoms with Crippen LogP contribution >= 0.6 is 0 Å². The summed E-state index contributed by atoms with van der Waals surface area (Å²) in [4.78, 5) is 0. The van der Waals surface area contributed by atoms with Gasteiger partial charge in [-0.05, 0) is 12.8 Å². The SMILES string of the molecule is Oc1cc(O)cc(OCC(O)CCCCC(O)COc2cc(O)cc(O)c2)c1. The molecule has 8 nitrogen and oxygen atoms in total. The Morgan fingerprint density at radius 1 is 0.571 bits per heavy atom. The van der Waals surface area contributed by atoms with Crippen LogP contribution in [-0.2, 0) is 0 Å². The highest BCUT2D eigenvalue weighted by Crippen LogP contribution is 2.27. The van der Waals surface area contributed by atoms with E-state index in [0.717, 1.165) is 0 Å². The Balaban J connectivity index is 1.59. The number of unbranched alkanes of at least 4 members (excludes halogenated alkanes) is 1. The summed E-state index contributed by atoms with van der Waals surface area (Å²) in [6.07, 6.45) is 0.846. The Bertz CT molecular complexity index is 645. The zero-order valence-corrected chi connectivity index (χ0v) is 15.4. The van der Waals surface area contributed by atoms with Crippen molar-refractivity contribution in [3.8, 4) is 34.5 Å². The number of ether oxygens (including phenoxy) is 2. The number of rotatable bonds is 11. The van der Waals surface area contributed by atoms with Crippen molar-refractivity contribution in [3.05, 3.63) is 36.4 Å². The first-order valence-corrected chi connectivity index (χ1v) is 8.99. The highest BCUT2D eigenvalue weighted by Gasteiger charge is 2.10. The lowest BCUT2D eigenvalue weighted by molar-refractivity contribution is 0.0856. The van der Waals surface area contributed by atoms with Gasteiger partial charge in [-0.1, -0.05) is 12.8 Å². The number of hydrogen-bond acceptors (Lipinski definition) is 8. The topological polar surface area (TPSA) is 140 Å². The van der Waals surface area contributed by atoms with Crippen LogP contribution in [0.2, 0.25) is 0 Å². The highest BCUT2D eigenvalue weighted by molar-refractivity contribution is 5.41. The molecule has 28 heavy (non-hydrogen) atoms. The normalized spacial score (nSPS) is 13.1. The van der Waals surface area contributed by atoms with Crippen LogP contribution in [0, 0.1) is 0 Å². The smallest absolute Gasteiger partial charge is 0.126 e. The van der Waals surface area contributed by atoms with Gasteiger partial charge in [0, 0.05) is 36.4 Å². The Morgan fingerprint density at radius 2 is 0.893 bits per heavy atom. The largest absolute Gasteiger partial charge is 0.508 e. The minimum absolute atomic E-state index is 0.0234. The quantitative estimate of drug-likeness (QED) is 0.319. The molecule has 8 heteroatoms. The number of hydrogen-bond donors (Lipinski definition) is 6. The molecule has 0 aliphatic rings. The third-order valence-corrected chi connectivity index (χ3v) is 3.96. The summed E-state index contributed by atoms with van der Waals surface area (Å²) >= 11 is 0. The van der Waals surface area contributed by atoms with E-state index in [1.165, 1.54) is 36.4 Å². The zero-order valence-electron chi connectivity index (χ0n) is 15.4. The molecule has 2 aromatic carbocycles. The van der Waals surface area contributed by atoms with Crippen molar-refractivity contribution in [2.24, 2.45) is 0 Å². The monoisotopic (exact) mass is 394 g/mol. The van der Waals surface area contributed by atoms with Crippen LogP contribution in [0.3, 0.4) is 0 Å². The Kier molecular flexibility index (Phi) is 8.03. The van der Waals surface area contributed by atoms with E-state index in [4.69, 9.17) is 9.47 Å². The van der Waals surface area contributed by atoms with E-state index in [1.54, 1.807) is 0 Å². The molecule has 0 aliphatic heterocycles. The second-order valence-corrected chi connectivity index (χ2v) is 6.58. The number of aliphatic hydroxyl groups is 2. The molecule has 0 saturated carbocycles. The summed E-state index contributed by atoms with van der Waals surface area (Å²) in [5.74, 6) is 0.0377. The second kappa shape index (κ2) is 10.5. The first-order valence-electron chi connectivity index (χ1n) is 8.99. The molecule has 154 valence electrons. The summed E-state index contributed by atoms with van der Waals surface area (Å²) in [6.45, 7) is 0.0467. The molecule has 0 aliphatic carbocycles. The van der Waals surface area contributed by atoms with Crippen LogP contribution < -0.4 is 9.47 Å². The lowest BCUT2D eigenvalue weighted by Gasteiger charge is -2.14. The molecule has 0 aromatic heterocycles. The fourth-order valence-corrected chi connectivity index (χ4v) is 2.61. The van der Waals surface area contributed by atoms with Crippen molar-refractivity contribution in [2.75, 3.05) is 13.2 Å². The first kappa shape index (κ1) is 21.5. The van der Waals surface area contributed by atoms with Gasteiger partial charge < -0.3 is 40.1 Å². The number of aromatic hydroxyl groups is 4. The minimum Gasteiger partial charge on any atom is -0.508 e. The minimum atomic E-state index is -0.715. The average molecular weight is 394 g/mol. The van der Waals surface area contributed by atoms with Crippen LogP contribution in [0.5, 0.6) is 34.5 Å². The third-order valence-electron chi connectivity index (χ3n) is 3.96. The van der Waals surface area contributed by atoms with E-state index in [2.05, 4.69) is 0 Å². The summed E-state index contributed by atoms with van der Waals surface area (Å²) in [6, 6.07) is 7.73. The standard InChI is InChI=1S/C20H26O8/c21-13(11-27-19-7-15(23)5-16(24)8-19)3-1-2-4-14(22)12-28-20-9-17(25)6-18(26)10-20/h5-10,13-14,21-26H,1-4,11-12H2. The van der Waals surface area contributed by atoms with Gasteiger partial charge in [0.15, 0.2) is 0 Å². The number of phenols is 4. The molecule has 0 amide bonds. The van der Waals surface area contributed by atoms with Gasteiger partial charge in [0.05, 0.1) is 12.2 Å². The molecule has 0 fully saturated rings.